The molecule has 0 amide bonds. The van der Waals surface area contributed by atoms with Gasteiger partial charge in [0.1, 0.15) is 12.9 Å². The van der Waals surface area contributed by atoms with Gasteiger partial charge >= 0.3 is 0 Å². The average molecular weight is 438 g/mol. The molecule has 0 saturated carbocycles. The summed E-state index contributed by atoms with van der Waals surface area (Å²) in [5.41, 5.74) is 1.93. The Bertz CT molecular complexity index is 858. The molecule has 3 aromatic rings. The number of H-pyrrole nitrogens is 1. The van der Waals surface area contributed by atoms with Gasteiger partial charge in [0.25, 0.3) is 0 Å². The lowest BCUT2D eigenvalue weighted by Gasteiger charge is -2.16. The highest BCUT2D eigenvalue weighted by molar-refractivity contribution is 9.10. The summed E-state index contributed by atoms with van der Waals surface area (Å²) in [7, 11) is 0. The van der Waals surface area contributed by atoms with Crippen molar-refractivity contribution in [2.24, 2.45) is 0 Å². The van der Waals surface area contributed by atoms with Gasteiger partial charge in [0.05, 0.1) is 11.1 Å². The molecular formula is C18H18BrClN4O2. The maximum atomic E-state index is 6.20. The average Bonchev–Trinajstić information content (AvgIpc) is 3.14. The van der Waals surface area contributed by atoms with Crippen LogP contribution in [-0.2, 0) is 13.2 Å². The Labute approximate surface area is 165 Å². The SMILES string of the molecule is CCOc1cc(CNc2ncn[nH]2)cc(Br)c1OCc1ccccc1Cl. The molecule has 0 unspecified atom stereocenters. The Morgan fingerprint density at radius 3 is 2.81 bits per heavy atom. The van der Waals surface area contributed by atoms with Gasteiger partial charge in [-0.2, -0.15) is 5.10 Å². The molecule has 26 heavy (non-hydrogen) atoms. The number of aromatic amines is 1. The largest absolute Gasteiger partial charge is 0.490 e. The van der Waals surface area contributed by atoms with Crippen LogP contribution in [0.15, 0.2) is 47.2 Å². The molecule has 136 valence electrons. The van der Waals surface area contributed by atoms with E-state index in [9.17, 15) is 0 Å². The summed E-state index contributed by atoms with van der Waals surface area (Å²) >= 11 is 9.78. The van der Waals surface area contributed by atoms with E-state index in [0.717, 1.165) is 15.6 Å². The van der Waals surface area contributed by atoms with Gasteiger partial charge < -0.3 is 14.8 Å². The minimum atomic E-state index is 0.355. The van der Waals surface area contributed by atoms with Crippen molar-refractivity contribution < 1.29 is 9.47 Å². The predicted molar refractivity (Wildman–Crippen MR) is 105 cm³/mol. The smallest absolute Gasteiger partial charge is 0.218 e. The third-order valence-electron chi connectivity index (χ3n) is 3.57. The summed E-state index contributed by atoms with van der Waals surface area (Å²) < 4.78 is 12.6. The second-order valence-electron chi connectivity index (χ2n) is 5.41. The number of hydrogen-bond donors (Lipinski definition) is 2. The van der Waals surface area contributed by atoms with Crippen LogP contribution in [0.25, 0.3) is 0 Å². The zero-order chi connectivity index (χ0) is 18.4. The molecule has 0 atom stereocenters. The molecule has 0 saturated heterocycles. The minimum Gasteiger partial charge on any atom is -0.490 e. The van der Waals surface area contributed by atoms with Crippen molar-refractivity contribution in [3.05, 3.63) is 63.3 Å². The lowest BCUT2D eigenvalue weighted by molar-refractivity contribution is 0.267. The summed E-state index contributed by atoms with van der Waals surface area (Å²) in [6, 6.07) is 11.5. The maximum absolute atomic E-state index is 6.20. The van der Waals surface area contributed by atoms with Crippen molar-refractivity contribution in [1.29, 1.82) is 0 Å². The normalized spacial score (nSPS) is 10.6. The van der Waals surface area contributed by atoms with E-state index in [1.54, 1.807) is 0 Å². The lowest BCUT2D eigenvalue weighted by atomic mass is 10.2. The third kappa shape index (κ3) is 4.68. The van der Waals surface area contributed by atoms with Gasteiger partial charge in [0, 0.05) is 17.1 Å². The van der Waals surface area contributed by atoms with Crippen LogP contribution in [0.1, 0.15) is 18.1 Å². The van der Waals surface area contributed by atoms with Gasteiger partial charge in [-0.15, -0.1) is 0 Å². The Morgan fingerprint density at radius 1 is 1.23 bits per heavy atom. The highest BCUT2D eigenvalue weighted by Gasteiger charge is 2.13. The molecule has 1 aromatic heterocycles. The fourth-order valence-corrected chi connectivity index (χ4v) is 3.16. The van der Waals surface area contributed by atoms with Gasteiger partial charge in [-0.3, -0.25) is 0 Å². The van der Waals surface area contributed by atoms with Crippen LogP contribution in [0.2, 0.25) is 5.02 Å². The molecular weight excluding hydrogens is 420 g/mol. The Morgan fingerprint density at radius 2 is 2.08 bits per heavy atom. The highest BCUT2D eigenvalue weighted by Crippen LogP contribution is 2.38. The molecule has 2 aromatic carbocycles. The summed E-state index contributed by atoms with van der Waals surface area (Å²) in [6.45, 7) is 3.39. The zero-order valence-corrected chi connectivity index (χ0v) is 16.5. The van der Waals surface area contributed by atoms with Crippen molar-refractivity contribution in [2.45, 2.75) is 20.1 Å². The highest BCUT2D eigenvalue weighted by atomic mass is 79.9. The van der Waals surface area contributed by atoms with E-state index in [2.05, 4.69) is 36.4 Å². The number of benzene rings is 2. The van der Waals surface area contributed by atoms with E-state index in [4.69, 9.17) is 21.1 Å². The number of nitrogens with zero attached hydrogens (tertiary/aromatic N) is 2. The van der Waals surface area contributed by atoms with E-state index in [1.165, 1.54) is 6.33 Å². The first-order valence-corrected chi connectivity index (χ1v) is 9.25. The fourth-order valence-electron chi connectivity index (χ4n) is 2.37. The van der Waals surface area contributed by atoms with Crippen molar-refractivity contribution in [1.82, 2.24) is 15.2 Å². The molecule has 8 heteroatoms. The summed E-state index contributed by atoms with van der Waals surface area (Å²) in [5, 5.41) is 10.4. The van der Waals surface area contributed by atoms with E-state index >= 15 is 0 Å². The topological polar surface area (TPSA) is 72.1 Å². The molecule has 0 aliphatic carbocycles. The summed E-state index contributed by atoms with van der Waals surface area (Å²) in [5.74, 6) is 1.93. The zero-order valence-electron chi connectivity index (χ0n) is 14.1. The van der Waals surface area contributed by atoms with Crippen LogP contribution in [-0.4, -0.2) is 21.8 Å². The molecule has 0 bridgehead atoms. The predicted octanol–water partition coefficient (Wildman–Crippen LogP) is 4.81. The van der Waals surface area contributed by atoms with Crippen LogP contribution in [0, 0.1) is 0 Å². The Balaban J connectivity index is 1.76. The maximum Gasteiger partial charge on any atom is 0.218 e. The number of hydrogen-bond acceptors (Lipinski definition) is 5. The second kappa shape index (κ2) is 8.91. The number of nitrogens with one attached hydrogen (secondary N) is 2. The first kappa shape index (κ1) is 18.5. The Kier molecular flexibility index (Phi) is 6.35. The standard InChI is InChI=1S/C18H18BrClN4O2/c1-2-25-16-8-12(9-21-18-22-11-23-24-18)7-14(19)17(16)26-10-13-5-3-4-6-15(13)20/h3-8,11H,2,9-10H2,1H3,(H2,21,22,23,24). The van der Waals surface area contributed by atoms with Crippen molar-refractivity contribution in [2.75, 3.05) is 11.9 Å². The van der Waals surface area contributed by atoms with Crippen LogP contribution in [0.4, 0.5) is 5.95 Å². The molecule has 0 spiro atoms. The second-order valence-corrected chi connectivity index (χ2v) is 6.67. The molecule has 2 N–H and O–H groups in total. The van der Waals surface area contributed by atoms with E-state index in [-0.39, 0.29) is 0 Å². The fraction of sp³-hybridized carbons (Fsp3) is 0.222. The number of anilines is 1. The van der Waals surface area contributed by atoms with Gasteiger partial charge in [-0.05, 0) is 46.6 Å². The Hall–Kier alpha value is -2.25. The number of rotatable bonds is 8. The van der Waals surface area contributed by atoms with Gasteiger partial charge in [-0.25, -0.2) is 10.1 Å². The molecule has 3 rings (SSSR count). The molecule has 0 radical (unpaired) electrons. The minimum absolute atomic E-state index is 0.355. The molecule has 6 nitrogen and oxygen atoms in total. The first-order valence-electron chi connectivity index (χ1n) is 8.08. The lowest BCUT2D eigenvalue weighted by Crippen LogP contribution is -2.05. The van der Waals surface area contributed by atoms with Crippen molar-refractivity contribution in [3.8, 4) is 11.5 Å². The van der Waals surface area contributed by atoms with E-state index in [1.807, 2.05) is 43.3 Å². The van der Waals surface area contributed by atoms with Gasteiger partial charge in [0.15, 0.2) is 11.5 Å². The third-order valence-corrected chi connectivity index (χ3v) is 4.53. The molecule has 0 aliphatic rings. The molecule has 1 heterocycles. The molecule has 0 aliphatic heterocycles. The first-order chi connectivity index (χ1) is 12.7. The van der Waals surface area contributed by atoms with E-state index in [0.29, 0.717) is 42.2 Å². The van der Waals surface area contributed by atoms with Gasteiger partial charge in [-0.1, -0.05) is 29.8 Å². The molecule has 0 fully saturated rings. The number of aromatic nitrogens is 3. The van der Waals surface area contributed by atoms with Crippen molar-refractivity contribution in [3.63, 3.8) is 0 Å². The quantitative estimate of drug-likeness (QED) is 0.529. The number of ether oxygens (including phenoxy) is 2. The van der Waals surface area contributed by atoms with Gasteiger partial charge in [0.2, 0.25) is 5.95 Å². The monoisotopic (exact) mass is 436 g/mol. The van der Waals surface area contributed by atoms with Crippen LogP contribution < -0.4 is 14.8 Å². The summed E-state index contributed by atoms with van der Waals surface area (Å²) in [4.78, 5) is 4.04. The van der Waals surface area contributed by atoms with Crippen LogP contribution in [0.3, 0.4) is 0 Å². The van der Waals surface area contributed by atoms with E-state index < -0.39 is 0 Å². The van der Waals surface area contributed by atoms with Crippen molar-refractivity contribution >= 4 is 33.5 Å². The van der Waals surface area contributed by atoms with Crippen LogP contribution >= 0.6 is 27.5 Å². The number of halogens is 2. The summed E-state index contributed by atoms with van der Waals surface area (Å²) in [6.07, 6.45) is 1.45. The van der Waals surface area contributed by atoms with Crippen LogP contribution in [0.5, 0.6) is 11.5 Å².